The summed E-state index contributed by atoms with van der Waals surface area (Å²) < 4.78 is 24.0. The Morgan fingerprint density at radius 3 is 2.25 bits per heavy atom. The maximum atomic E-state index is 11.6. The van der Waals surface area contributed by atoms with Crippen LogP contribution < -0.4 is 10.6 Å². The van der Waals surface area contributed by atoms with Gasteiger partial charge in [0.1, 0.15) is 5.54 Å². The van der Waals surface area contributed by atoms with Gasteiger partial charge in [-0.1, -0.05) is 13.3 Å². The largest absolute Gasteiger partial charge is 0.480 e. The Morgan fingerprint density at radius 1 is 1.30 bits per heavy atom. The minimum absolute atomic E-state index is 0.0891. The number of urea groups is 1. The van der Waals surface area contributed by atoms with Crippen molar-refractivity contribution in [3.05, 3.63) is 0 Å². The molecule has 9 heteroatoms. The van der Waals surface area contributed by atoms with E-state index in [1.807, 2.05) is 6.92 Å². The van der Waals surface area contributed by atoms with Crippen molar-refractivity contribution in [1.29, 1.82) is 0 Å². The van der Waals surface area contributed by atoms with Crippen molar-refractivity contribution in [2.75, 3.05) is 26.4 Å². The monoisotopic (exact) mass is 309 g/mol. The van der Waals surface area contributed by atoms with Crippen molar-refractivity contribution in [2.45, 2.75) is 32.2 Å². The molecule has 0 spiro atoms. The minimum atomic E-state index is -3.39. The molecule has 0 aliphatic carbocycles. The zero-order chi connectivity index (χ0) is 16.0. The minimum Gasteiger partial charge on any atom is -0.480 e. The Hall–Kier alpha value is -1.35. The first-order chi connectivity index (χ1) is 9.05. The summed E-state index contributed by atoms with van der Waals surface area (Å²) in [6.07, 6.45) is 0.879. The van der Waals surface area contributed by atoms with Gasteiger partial charge in [0.2, 0.25) is 10.0 Å². The van der Waals surface area contributed by atoms with Crippen molar-refractivity contribution in [3.63, 3.8) is 0 Å². The number of rotatable bonds is 8. The molecule has 0 aromatic heterocycles. The standard InChI is InChI=1S/C11H23N3O5S/c1-5-6-11(2,9(15)16)13-10(17)12-7-8-20(18,19)14(3)4/h5-8H2,1-4H3,(H,15,16)(H2,12,13,17). The van der Waals surface area contributed by atoms with E-state index in [0.29, 0.717) is 6.42 Å². The van der Waals surface area contributed by atoms with Gasteiger partial charge < -0.3 is 15.7 Å². The molecule has 8 nitrogen and oxygen atoms in total. The van der Waals surface area contributed by atoms with Gasteiger partial charge in [-0.05, 0) is 13.3 Å². The second kappa shape index (κ2) is 7.44. The molecular weight excluding hydrogens is 286 g/mol. The number of hydrogen-bond acceptors (Lipinski definition) is 4. The molecule has 118 valence electrons. The third-order valence-electron chi connectivity index (χ3n) is 2.81. The number of sulfonamides is 1. The maximum Gasteiger partial charge on any atom is 0.329 e. The Balaban J connectivity index is 4.40. The number of aliphatic carboxylic acids is 1. The highest BCUT2D eigenvalue weighted by molar-refractivity contribution is 7.89. The van der Waals surface area contributed by atoms with Gasteiger partial charge in [0.15, 0.2) is 0 Å². The van der Waals surface area contributed by atoms with Crippen LogP contribution in [0.1, 0.15) is 26.7 Å². The average Bonchev–Trinajstić information content (AvgIpc) is 2.28. The first kappa shape index (κ1) is 18.7. The Morgan fingerprint density at radius 2 is 1.85 bits per heavy atom. The maximum absolute atomic E-state index is 11.6. The molecule has 3 N–H and O–H groups in total. The third kappa shape index (κ3) is 5.74. The van der Waals surface area contributed by atoms with E-state index >= 15 is 0 Å². The molecule has 0 aliphatic heterocycles. The highest BCUT2D eigenvalue weighted by Gasteiger charge is 2.33. The molecule has 0 radical (unpaired) electrons. The van der Waals surface area contributed by atoms with E-state index in [0.717, 1.165) is 4.31 Å². The van der Waals surface area contributed by atoms with Gasteiger partial charge in [-0.25, -0.2) is 22.3 Å². The summed E-state index contributed by atoms with van der Waals surface area (Å²) in [5.74, 6) is -1.37. The van der Waals surface area contributed by atoms with Crippen LogP contribution in [0.2, 0.25) is 0 Å². The number of amides is 2. The van der Waals surface area contributed by atoms with Crippen LogP contribution in [0.5, 0.6) is 0 Å². The molecule has 0 saturated carbocycles. The van der Waals surface area contributed by atoms with Gasteiger partial charge in [0.25, 0.3) is 0 Å². The molecule has 1 unspecified atom stereocenters. The van der Waals surface area contributed by atoms with E-state index in [1.54, 1.807) is 0 Å². The quantitative estimate of drug-likeness (QED) is 0.575. The fourth-order valence-corrected chi connectivity index (χ4v) is 2.22. The molecule has 1 atom stereocenters. The van der Waals surface area contributed by atoms with Crippen molar-refractivity contribution >= 4 is 22.0 Å². The highest BCUT2D eigenvalue weighted by Crippen LogP contribution is 2.12. The van der Waals surface area contributed by atoms with E-state index in [-0.39, 0.29) is 18.7 Å². The molecule has 0 saturated heterocycles. The van der Waals surface area contributed by atoms with E-state index in [1.165, 1.54) is 21.0 Å². The highest BCUT2D eigenvalue weighted by atomic mass is 32.2. The number of nitrogens with zero attached hydrogens (tertiary/aromatic N) is 1. The van der Waals surface area contributed by atoms with Crippen molar-refractivity contribution in [3.8, 4) is 0 Å². The third-order valence-corrected chi connectivity index (χ3v) is 4.65. The van der Waals surface area contributed by atoms with Gasteiger partial charge in [0.05, 0.1) is 5.75 Å². The van der Waals surface area contributed by atoms with Crippen LogP contribution in [-0.2, 0) is 14.8 Å². The second-order valence-corrected chi connectivity index (χ2v) is 7.17. The molecule has 20 heavy (non-hydrogen) atoms. The number of hydrogen-bond donors (Lipinski definition) is 3. The van der Waals surface area contributed by atoms with Gasteiger partial charge in [-0.2, -0.15) is 0 Å². The van der Waals surface area contributed by atoms with E-state index in [4.69, 9.17) is 5.11 Å². The van der Waals surface area contributed by atoms with Crippen LogP contribution in [0.3, 0.4) is 0 Å². The Kier molecular flexibility index (Phi) is 6.94. The van der Waals surface area contributed by atoms with Crippen LogP contribution in [-0.4, -0.2) is 61.8 Å². The molecule has 0 aliphatic rings. The molecule has 0 aromatic carbocycles. The van der Waals surface area contributed by atoms with Crippen LogP contribution in [0.4, 0.5) is 4.79 Å². The molecular formula is C11H23N3O5S. The zero-order valence-corrected chi connectivity index (χ0v) is 13.1. The van der Waals surface area contributed by atoms with E-state index < -0.39 is 27.6 Å². The predicted molar refractivity (Wildman–Crippen MR) is 75.0 cm³/mol. The summed E-state index contributed by atoms with van der Waals surface area (Å²) in [5.41, 5.74) is -1.36. The molecule has 0 rings (SSSR count). The SMILES string of the molecule is CCCC(C)(NC(=O)NCCS(=O)(=O)N(C)C)C(=O)O. The van der Waals surface area contributed by atoms with Gasteiger partial charge in [-0.3, -0.25) is 0 Å². The fraction of sp³-hybridized carbons (Fsp3) is 0.818. The van der Waals surface area contributed by atoms with Crippen LogP contribution in [0.15, 0.2) is 0 Å². The molecule has 0 aromatic rings. The number of carbonyl (C=O) groups is 2. The topological polar surface area (TPSA) is 116 Å². The summed E-state index contributed by atoms with van der Waals surface area (Å²) in [5, 5.41) is 13.8. The molecule has 0 heterocycles. The van der Waals surface area contributed by atoms with Crippen LogP contribution >= 0.6 is 0 Å². The first-order valence-electron chi connectivity index (χ1n) is 6.25. The number of carboxylic acid groups (broad SMARTS) is 1. The summed E-state index contributed by atoms with van der Waals surface area (Å²) in [7, 11) is -0.588. The molecule has 0 fully saturated rings. The Labute approximate surface area is 119 Å². The van der Waals surface area contributed by atoms with E-state index in [2.05, 4.69) is 10.6 Å². The van der Waals surface area contributed by atoms with Gasteiger partial charge >= 0.3 is 12.0 Å². The van der Waals surface area contributed by atoms with Crippen LogP contribution in [0.25, 0.3) is 0 Å². The number of carbonyl (C=O) groups excluding carboxylic acids is 1. The average molecular weight is 309 g/mol. The van der Waals surface area contributed by atoms with Crippen LogP contribution in [0, 0.1) is 0 Å². The fourth-order valence-electron chi connectivity index (χ4n) is 1.49. The summed E-state index contributed by atoms with van der Waals surface area (Å²) in [6, 6.07) is -0.697. The van der Waals surface area contributed by atoms with E-state index in [9.17, 15) is 18.0 Å². The summed E-state index contributed by atoms with van der Waals surface area (Å²) in [4.78, 5) is 22.7. The first-order valence-corrected chi connectivity index (χ1v) is 7.85. The van der Waals surface area contributed by atoms with Crippen molar-refractivity contribution in [1.82, 2.24) is 14.9 Å². The molecule has 0 bridgehead atoms. The lowest BCUT2D eigenvalue weighted by Gasteiger charge is -2.25. The van der Waals surface area contributed by atoms with Crippen molar-refractivity contribution < 1.29 is 23.1 Å². The van der Waals surface area contributed by atoms with Gasteiger partial charge in [0, 0.05) is 20.6 Å². The normalized spacial score (nSPS) is 14.7. The second-order valence-electron chi connectivity index (χ2n) is 4.87. The lowest BCUT2D eigenvalue weighted by molar-refractivity contribution is -0.144. The predicted octanol–water partition coefficient (Wildman–Crippen LogP) is -0.180. The van der Waals surface area contributed by atoms with Gasteiger partial charge in [-0.15, -0.1) is 0 Å². The number of carboxylic acids is 1. The van der Waals surface area contributed by atoms with Crippen molar-refractivity contribution in [2.24, 2.45) is 0 Å². The summed E-state index contributed by atoms with van der Waals surface area (Å²) >= 11 is 0. The lowest BCUT2D eigenvalue weighted by Crippen LogP contribution is -2.55. The lowest BCUT2D eigenvalue weighted by atomic mass is 9.97. The zero-order valence-electron chi connectivity index (χ0n) is 12.3. The number of nitrogens with one attached hydrogen (secondary N) is 2. The smallest absolute Gasteiger partial charge is 0.329 e. The summed E-state index contributed by atoms with van der Waals surface area (Å²) in [6.45, 7) is 3.13. The molecule has 2 amide bonds. The Bertz CT molecular complexity index is 449.